The Balaban J connectivity index is 2.10. The van der Waals surface area contributed by atoms with Crippen molar-refractivity contribution in [1.82, 2.24) is 0 Å². The summed E-state index contributed by atoms with van der Waals surface area (Å²) in [5, 5.41) is 32.2. The Bertz CT molecular complexity index is 537. The van der Waals surface area contributed by atoms with Crippen molar-refractivity contribution in [2.75, 3.05) is 0 Å². The van der Waals surface area contributed by atoms with Crippen LogP contribution in [0.1, 0.15) is 53.4 Å². The summed E-state index contributed by atoms with van der Waals surface area (Å²) < 4.78 is 0. The van der Waals surface area contributed by atoms with E-state index in [0.29, 0.717) is 12.8 Å². The van der Waals surface area contributed by atoms with E-state index >= 15 is 0 Å². The van der Waals surface area contributed by atoms with Crippen LogP contribution >= 0.6 is 0 Å². The minimum atomic E-state index is -0.727. The van der Waals surface area contributed by atoms with Crippen LogP contribution in [0.15, 0.2) is 24.3 Å². The molecule has 0 aromatic carbocycles. The molecule has 0 aromatic rings. The SMILES string of the molecule is C=C[C@]1(C)C=C2[C@@H](O)C[C@H]3C(C)(C)C[C@H](O)[C@H](O)[C@]3(C)[C@H]2CC1. The molecule has 2 saturated carbocycles. The molecular formula is C20H32O3. The third-order valence-corrected chi connectivity index (χ3v) is 7.36. The topological polar surface area (TPSA) is 60.7 Å². The van der Waals surface area contributed by atoms with Gasteiger partial charge in [-0.1, -0.05) is 39.8 Å². The van der Waals surface area contributed by atoms with Crippen molar-refractivity contribution in [3.8, 4) is 0 Å². The molecule has 23 heavy (non-hydrogen) atoms. The summed E-state index contributed by atoms with van der Waals surface area (Å²) in [6.45, 7) is 12.6. The van der Waals surface area contributed by atoms with Gasteiger partial charge in [0.05, 0.1) is 18.3 Å². The maximum Gasteiger partial charge on any atom is 0.0861 e. The molecule has 0 aliphatic heterocycles. The molecule has 0 unspecified atom stereocenters. The van der Waals surface area contributed by atoms with Gasteiger partial charge in [0.2, 0.25) is 0 Å². The Morgan fingerprint density at radius 1 is 1.17 bits per heavy atom. The summed E-state index contributed by atoms with van der Waals surface area (Å²) in [5.74, 6) is 0.340. The van der Waals surface area contributed by atoms with Crippen LogP contribution < -0.4 is 0 Å². The summed E-state index contributed by atoms with van der Waals surface area (Å²) in [6, 6.07) is 0. The summed E-state index contributed by atoms with van der Waals surface area (Å²) in [5.41, 5.74) is 0.513. The second kappa shape index (κ2) is 5.18. The van der Waals surface area contributed by atoms with E-state index < -0.39 is 18.3 Å². The molecule has 0 amide bonds. The lowest BCUT2D eigenvalue weighted by Crippen LogP contribution is -2.64. The number of aliphatic hydroxyl groups excluding tert-OH is 3. The highest BCUT2D eigenvalue weighted by atomic mass is 16.3. The number of hydrogen-bond acceptors (Lipinski definition) is 3. The van der Waals surface area contributed by atoms with E-state index in [1.807, 2.05) is 6.08 Å². The largest absolute Gasteiger partial charge is 0.390 e. The molecule has 3 rings (SSSR count). The van der Waals surface area contributed by atoms with E-state index in [1.165, 1.54) is 0 Å². The first-order valence-electron chi connectivity index (χ1n) is 8.95. The van der Waals surface area contributed by atoms with Crippen LogP contribution in [0, 0.1) is 28.1 Å². The molecule has 0 aromatic heterocycles. The first-order valence-corrected chi connectivity index (χ1v) is 8.95. The zero-order valence-corrected chi connectivity index (χ0v) is 14.9. The molecule has 0 heterocycles. The van der Waals surface area contributed by atoms with E-state index in [9.17, 15) is 15.3 Å². The van der Waals surface area contributed by atoms with Gasteiger partial charge in [-0.25, -0.2) is 0 Å². The molecule has 3 aliphatic rings. The number of fused-ring (bicyclic) bond motifs is 3. The predicted octanol–water partition coefficient (Wildman–Crippen LogP) is 3.05. The highest BCUT2D eigenvalue weighted by Gasteiger charge is 2.62. The highest BCUT2D eigenvalue weighted by Crippen LogP contribution is 2.63. The molecule has 3 aliphatic carbocycles. The minimum absolute atomic E-state index is 0.0796. The van der Waals surface area contributed by atoms with Gasteiger partial charge in [0.1, 0.15) is 0 Å². The van der Waals surface area contributed by atoms with E-state index in [0.717, 1.165) is 18.4 Å². The van der Waals surface area contributed by atoms with Crippen LogP contribution in [0.25, 0.3) is 0 Å². The van der Waals surface area contributed by atoms with Crippen LogP contribution in [0.2, 0.25) is 0 Å². The van der Waals surface area contributed by atoms with Crippen molar-refractivity contribution in [1.29, 1.82) is 0 Å². The molecule has 0 saturated heterocycles. The van der Waals surface area contributed by atoms with Gasteiger partial charge in [-0.15, -0.1) is 6.58 Å². The Labute approximate surface area is 140 Å². The van der Waals surface area contributed by atoms with Gasteiger partial charge >= 0.3 is 0 Å². The smallest absolute Gasteiger partial charge is 0.0861 e. The molecular weight excluding hydrogens is 288 g/mol. The highest BCUT2D eigenvalue weighted by molar-refractivity contribution is 5.30. The summed E-state index contributed by atoms with van der Waals surface area (Å²) in [4.78, 5) is 0. The lowest BCUT2D eigenvalue weighted by Gasteiger charge is -2.63. The van der Waals surface area contributed by atoms with Crippen molar-refractivity contribution in [3.05, 3.63) is 24.3 Å². The molecule has 7 atom stereocenters. The van der Waals surface area contributed by atoms with Crippen molar-refractivity contribution in [3.63, 3.8) is 0 Å². The van der Waals surface area contributed by atoms with Crippen LogP contribution in [-0.2, 0) is 0 Å². The zero-order chi connectivity index (χ0) is 17.2. The average molecular weight is 320 g/mol. The van der Waals surface area contributed by atoms with Crippen LogP contribution in [0.5, 0.6) is 0 Å². The van der Waals surface area contributed by atoms with Gasteiger partial charge in [-0.2, -0.15) is 0 Å². The molecule has 0 radical (unpaired) electrons. The molecule has 130 valence electrons. The number of aliphatic hydroxyl groups is 3. The van der Waals surface area contributed by atoms with Crippen molar-refractivity contribution < 1.29 is 15.3 Å². The monoisotopic (exact) mass is 320 g/mol. The fourth-order valence-corrected chi connectivity index (χ4v) is 5.97. The quantitative estimate of drug-likeness (QED) is 0.651. The second-order valence-electron chi connectivity index (χ2n) is 9.32. The van der Waals surface area contributed by atoms with Gasteiger partial charge in [-0.3, -0.25) is 0 Å². The Morgan fingerprint density at radius 3 is 2.43 bits per heavy atom. The van der Waals surface area contributed by atoms with Crippen LogP contribution in [0.4, 0.5) is 0 Å². The number of rotatable bonds is 1. The lowest BCUT2D eigenvalue weighted by molar-refractivity contribution is -0.201. The Morgan fingerprint density at radius 2 is 1.83 bits per heavy atom. The third-order valence-electron chi connectivity index (χ3n) is 7.36. The van der Waals surface area contributed by atoms with Gasteiger partial charge in [0, 0.05) is 10.8 Å². The van der Waals surface area contributed by atoms with Crippen molar-refractivity contribution >= 4 is 0 Å². The Hall–Kier alpha value is -0.640. The molecule has 3 heteroatoms. The maximum atomic E-state index is 10.9. The minimum Gasteiger partial charge on any atom is -0.390 e. The molecule has 0 spiro atoms. The van der Waals surface area contributed by atoms with Gasteiger partial charge < -0.3 is 15.3 Å². The average Bonchev–Trinajstić information content (AvgIpc) is 2.48. The van der Waals surface area contributed by atoms with Crippen LogP contribution in [0.3, 0.4) is 0 Å². The Kier molecular flexibility index (Phi) is 3.87. The molecule has 2 fully saturated rings. The van der Waals surface area contributed by atoms with E-state index in [1.54, 1.807) is 0 Å². The first kappa shape index (κ1) is 17.2. The van der Waals surface area contributed by atoms with E-state index in [2.05, 4.69) is 40.3 Å². The van der Waals surface area contributed by atoms with E-state index in [-0.39, 0.29) is 28.1 Å². The van der Waals surface area contributed by atoms with Gasteiger partial charge in [0.25, 0.3) is 0 Å². The predicted molar refractivity (Wildman–Crippen MR) is 91.7 cm³/mol. The summed E-state index contributed by atoms with van der Waals surface area (Å²) >= 11 is 0. The first-order chi connectivity index (χ1) is 10.5. The number of allylic oxidation sites excluding steroid dienone is 2. The molecule has 3 nitrogen and oxygen atoms in total. The number of hydrogen-bond donors (Lipinski definition) is 3. The fraction of sp³-hybridized carbons (Fsp3) is 0.800. The fourth-order valence-electron chi connectivity index (χ4n) is 5.97. The second-order valence-corrected chi connectivity index (χ2v) is 9.32. The van der Waals surface area contributed by atoms with Gasteiger partial charge in [0.15, 0.2) is 0 Å². The molecule has 0 bridgehead atoms. The standard InChI is InChI=1S/C20H32O3/c1-6-19(4)8-7-13-12(10-19)14(21)9-16-18(2,3)11-15(22)17(23)20(13,16)5/h6,10,13-17,21-23H,1,7-9,11H2,2-5H3/t13-,14-,15-,16-,17-,19-,20+/m0/s1. The summed E-state index contributed by atoms with van der Waals surface area (Å²) in [7, 11) is 0. The van der Waals surface area contributed by atoms with Gasteiger partial charge in [-0.05, 0) is 48.5 Å². The molecule has 3 N–H and O–H groups in total. The maximum absolute atomic E-state index is 10.9. The zero-order valence-electron chi connectivity index (χ0n) is 14.9. The third kappa shape index (κ3) is 2.35. The normalized spacial score (nSPS) is 52.1. The lowest BCUT2D eigenvalue weighted by atomic mass is 9.43. The van der Waals surface area contributed by atoms with Crippen molar-refractivity contribution in [2.24, 2.45) is 28.1 Å². The van der Waals surface area contributed by atoms with Crippen LogP contribution in [-0.4, -0.2) is 33.6 Å². The van der Waals surface area contributed by atoms with E-state index in [4.69, 9.17) is 0 Å². The van der Waals surface area contributed by atoms with Crippen molar-refractivity contribution in [2.45, 2.75) is 71.7 Å². The summed E-state index contributed by atoms with van der Waals surface area (Å²) in [6.07, 6.45) is 5.46.